The molecule has 0 aliphatic rings. The number of aryl methyl sites for hydroxylation is 6. The van der Waals surface area contributed by atoms with E-state index < -0.39 is 20.8 Å². The van der Waals surface area contributed by atoms with Crippen molar-refractivity contribution in [2.75, 3.05) is 10.1 Å². The summed E-state index contributed by atoms with van der Waals surface area (Å²) in [6, 6.07) is 20.2. The Morgan fingerprint density at radius 3 is 1.07 bits per heavy atom. The number of nitrogens with zero attached hydrogens (tertiary/aromatic N) is 4. The van der Waals surface area contributed by atoms with Crippen molar-refractivity contribution in [2.45, 2.75) is 94.2 Å². The third-order valence-corrected chi connectivity index (χ3v) is 7.04. The summed E-state index contributed by atoms with van der Waals surface area (Å²) < 4.78 is 0. The first kappa shape index (κ1) is 38.9. The standard InChI is InChI=1S/2C18H24N2O.2ClH.Zr/c2*1-12-10-13(2)17(14(3)11-12)15-8-7-9-16(19-15)20(21)18(4,5)6;;;/h2*7-11,21H,1-6H3;2*1H;/q;;;;+4/p-2. The molecule has 9 heteroatoms. The molecule has 0 spiro atoms. The van der Waals surface area contributed by atoms with Crippen molar-refractivity contribution in [1.82, 2.24) is 9.97 Å². The van der Waals surface area contributed by atoms with Gasteiger partial charge in [0.05, 0.1) is 22.5 Å². The second kappa shape index (κ2) is 16.5. The summed E-state index contributed by atoms with van der Waals surface area (Å²) in [6.07, 6.45) is 0. The fourth-order valence-electron chi connectivity index (χ4n) is 5.22. The normalized spacial score (nSPS) is 11.0. The summed E-state index contributed by atoms with van der Waals surface area (Å²) in [5, 5.41) is 23.0. The Labute approximate surface area is 289 Å². The Morgan fingerprint density at radius 2 is 0.822 bits per heavy atom. The van der Waals surface area contributed by atoms with Crippen LogP contribution in [0.4, 0.5) is 11.6 Å². The van der Waals surface area contributed by atoms with Gasteiger partial charge in [0, 0.05) is 11.1 Å². The van der Waals surface area contributed by atoms with Crippen LogP contribution in [-0.2, 0) is 20.8 Å². The minimum atomic E-state index is -0.826. The van der Waals surface area contributed by atoms with E-state index in [4.69, 9.17) is 17.0 Å². The van der Waals surface area contributed by atoms with Gasteiger partial charge in [-0.3, -0.25) is 10.4 Å². The fourth-order valence-corrected chi connectivity index (χ4v) is 5.22. The van der Waals surface area contributed by atoms with Crippen molar-refractivity contribution in [3.8, 4) is 22.5 Å². The quantitative estimate of drug-likeness (QED) is 0.204. The van der Waals surface area contributed by atoms with Crippen LogP contribution in [0.25, 0.3) is 22.5 Å². The van der Waals surface area contributed by atoms with Gasteiger partial charge in [-0.25, -0.2) is 20.1 Å². The molecule has 4 aromatic rings. The molecule has 0 atom stereocenters. The van der Waals surface area contributed by atoms with Gasteiger partial charge in [0.1, 0.15) is 0 Å². The second-order valence-corrected chi connectivity index (χ2v) is 17.1. The van der Waals surface area contributed by atoms with E-state index in [1.54, 1.807) is 0 Å². The predicted octanol–water partition coefficient (Wildman–Crippen LogP) is 10.7. The van der Waals surface area contributed by atoms with Gasteiger partial charge >= 0.3 is 37.9 Å². The van der Waals surface area contributed by atoms with Crippen molar-refractivity contribution in [3.63, 3.8) is 0 Å². The summed E-state index contributed by atoms with van der Waals surface area (Å²) >= 11 is -0.826. The number of rotatable bonds is 4. The third-order valence-electron chi connectivity index (χ3n) is 7.04. The van der Waals surface area contributed by atoms with E-state index in [0.717, 1.165) is 22.5 Å². The number of benzene rings is 2. The van der Waals surface area contributed by atoms with Crippen LogP contribution in [0.1, 0.15) is 74.9 Å². The number of hydrogen-bond acceptors (Lipinski definition) is 6. The third kappa shape index (κ3) is 10.9. The first-order valence-electron chi connectivity index (χ1n) is 14.9. The van der Waals surface area contributed by atoms with Crippen LogP contribution >= 0.6 is 17.0 Å². The van der Waals surface area contributed by atoms with Gasteiger partial charge in [0.25, 0.3) is 0 Å². The number of halogens is 2. The molecule has 0 saturated heterocycles. The average molecular weight is 731 g/mol. The van der Waals surface area contributed by atoms with Gasteiger partial charge in [0.2, 0.25) is 0 Å². The van der Waals surface area contributed by atoms with Crippen LogP contribution in [0.5, 0.6) is 0 Å². The summed E-state index contributed by atoms with van der Waals surface area (Å²) in [6.45, 7) is 24.3. The Kier molecular flexibility index (Phi) is 14.3. The van der Waals surface area contributed by atoms with Crippen molar-refractivity contribution >= 4 is 28.7 Å². The first-order chi connectivity index (χ1) is 20.8. The molecule has 0 aliphatic carbocycles. The van der Waals surface area contributed by atoms with Crippen LogP contribution in [0.2, 0.25) is 0 Å². The van der Waals surface area contributed by atoms with Crippen molar-refractivity contribution < 1.29 is 31.3 Å². The molecule has 0 fully saturated rings. The van der Waals surface area contributed by atoms with E-state index in [1.165, 1.54) is 43.5 Å². The SMILES string of the molecule is Cc1cc(C)c(-c2cccc(N(O)C(C)(C)C)n2)c(C)c1.Cc1cc(C)c(-c2cccc(N(O)C(C)(C)C)n2)c(C)c1.[Cl][Zr+2][Cl]. The molecule has 6 nitrogen and oxygen atoms in total. The molecule has 240 valence electrons. The molecule has 2 aromatic heterocycles. The van der Waals surface area contributed by atoms with Crippen LogP contribution in [-0.4, -0.2) is 31.5 Å². The molecule has 0 radical (unpaired) electrons. The Hall–Kier alpha value is -2.28. The molecule has 4 rings (SSSR count). The molecular formula is C36H48Cl2N4O2Zr+2. The zero-order chi connectivity index (χ0) is 34.3. The zero-order valence-corrected chi connectivity index (χ0v) is 32.7. The van der Waals surface area contributed by atoms with Gasteiger partial charge in [-0.2, -0.15) is 0 Å². The topological polar surface area (TPSA) is 72.7 Å². The second-order valence-electron chi connectivity index (χ2n) is 13.3. The number of aromatic nitrogens is 2. The van der Waals surface area contributed by atoms with Crippen LogP contribution in [0, 0.1) is 41.5 Å². The van der Waals surface area contributed by atoms with Crippen LogP contribution < -0.4 is 10.1 Å². The van der Waals surface area contributed by atoms with Crippen LogP contribution in [0.3, 0.4) is 0 Å². The van der Waals surface area contributed by atoms with E-state index >= 15 is 0 Å². The molecule has 0 aliphatic heterocycles. The minimum absolute atomic E-state index is 0.386. The van der Waals surface area contributed by atoms with Crippen molar-refractivity contribution in [3.05, 3.63) is 94.0 Å². The molecule has 0 saturated carbocycles. The molecule has 2 aromatic carbocycles. The van der Waals surface area contributed by atoms with Gasteiger partial charge in [-0.15, -0.1) is 0 Å². The molecular weight excluding hydrogens is 683 g/mol. The summed E-state index contributed by atoms with van der Waals surface area (Å²) in [7, 11) is 9.87. The van der Waals surface area contributed by atoms with Gasteiger partial charge in [-0.1, -0.05) is 47.5 Å². The predicted molar refractivity (Wildman–Crippen MR) is 188 cm³/mol. The molecule has 2 N–H and O–H groups in total. The zero-order valence-electron chi connectivity index (χ0n) is 28.7. The summed E-state index contributed by atoms with van der Waals surface area (Å²) in [5.41, 5.74) is 10.6. The average Bonchev–Trinajstić information content (AvgIpc) is 2.91. The van der Waals surface area contributed by atoms with Crippen LogP contribution in [0.15, 0.2) is 60.7 Å². The number of pyridine rings is 2. The maximum absolute atomic E-state index is 10.3. The number of anilines is 2. The van der Waals surface area contributed by atoms with Gasteiger partial charge < -0.3 is 0 Å². The van der Waals surface area contributed by atoms with Crippen molar-refractivity contribution in [2.24, 2.45) is 0 Å². The maximum atomic E-state index is 10.3. The van der Waals surface area contributed by atoms with E-state index in [-0.39, 0.29) is 11.1 Å². The molecule has 0 amide bonds. The first-order valence-corrected chi connectivity index (χ1v) is 21.2. The van der Waals surface area contributed by atoms with E-state index in [2.05, 4.69) is 75.8 Å². The van der Waals surface area contributed by atoms with E-state index in [1.807, 2.05) is 77.9 Å². The summed E-state index contributed by atoms with van der Waals surface area (Å²) in [5.74, 6) is 1.14. The van der Waals surface area contributed by atoms with Gasteiger partial charge in [-0.05, 0) is 130 Å². The molecule has 0 unspecified atom stereocenters. The van der Waals surface area contributed by atoms with Gasteiger partial charge in [0.15, 0.2) is 11.6 Å². The molecule has 2 heterocycles. The molecule has 0 bridgehead atoms. The fraction of sp³-hybridized carbons (Fsp3) is 0.389. The summed E-state index contributed by atoms with van der Waals surface area (Å²) in [4.78, 5) is 9.27. The Morgan fingerprint density at radius 1 is 0.556 bits per heavy atom. The number of hydrogen-bond donors (Lipinski definition) is 2. The molecule has 45 heavy (non-hydrogen) atoms. The monoisotopic (exact) mass is 728 g/mol. The Balaban J connectivity index is 0.000000288. The van der Waals surface area contributed by atoms with E-state index in [9.17, 15) is 10.4 Å². The number of hydroxylamine groups is 2. The Bertz CT molecular complexity index is 1420. The van der Waals surface area contributed by atoms with Crippen molar-refractivity contribution in [1.29, 1.82) is 0 Å². The van der Waals surface area contributed by atoms with E-state index in [0.29, 0.717) is 11.6 Å².